The van der Waals surface area contributed by atoms with Crippen LogP contribution in [0.3, 0.4) is 0 Å². The van der Waals surface area contributed by atoms with E-state index in [2.05, 4.69) is 65.4 Å². The fourth-order valence-electron chi connectivity index (χ4n) is 3.11. The summed E-state index contributed by atoms with van der Waals surface area (Å²) in [6.07, 6.45) is 1.08. The molecule has 0 unspecified atom stereocenters. The molecule has 3 aromatic rings. The highest BCUT2D eigenvalue weighted by molar-refractivity contribution is 5.85. The van der Waals surface area contributed by atoms with Gasteiger partial charge in [-0.05, 0) is 18.1 Å². The summed E-state index contributed by atoms with van der Waals surface area (Å²) in [6, 6.07) is 17.0. The number of hydrogen-bond donors (Lipinski definition) is 2. The van der Waals surface area contributed by atoms with Gasteiger partial charge in [0.15, 0.2) is 0 Å². The molecule has 20 heavy (non-hydrogen) atoms. The molecule has 2 nitrogen and oxygen atoms in total. The molecular formula is C18H16N2. The second-order valence-corrected chi connectivity index (χ2v) is 5.23. The number of hydrogen-bond acceptors (Lipinski definition) is 1. The first-order valence-electron chi connectivity index (χ1n) is 6.97. The van der Waals surface area contributed by atoms with Gasteiger partial charge < -0.3 is 10.3 Å². The van der Waals surface area contributed by atoms with Gasteiger partial charge in [0.2, 0.25) is 0 Å². The summed E-state index contributed by atoms with van der Waals surface area (Å²) in [5, 5.41) is 6.98. The van der Waals surface area contributed by atoms with E-state index in [4.69, 9.17) is 0 Å². The van der Waals surface area contributed by atoms with Crippen LogP contribution in [0.15, 0.2) is 48.5 Å². The number of aromatic amines is 1. The van der Waals surface area contributed by atoms with Gasteiger partial charge in [0, 0.05) is 33.6 Å². The minimum atomic E-state index is 0.977. The molecule has 0 atom stereocenters. The van der Waals surface area contributed by atoms with Crippen molar-refractivity contribution in [3.63, 3.8) is 0 Å². The molecule has 0 amide bonds. The van der Waals surface area contributed by atoms with Gasteiger partial charge >= 0.3 is 0 Å². The lowest BCUT2D eigenvalue weighted by molar-refractivity contribution is 0.810. The van der Waals surface area contributed by atoms with E-state index in [9.17, 15) is 0 Å². The molecule has 0 radical (unpaired) electrons. The Balaban J connectivity index is 2.18. The zero-order chi connectivity index (χ0) is 13.5. The molecule has 0 saturated carbocycles. The largest absolute Gasteiger partial charge is 0.384 e. The van der Waals surface area contributed by atoms with Crippen LogP contribution in [0.5, 0.6) is 0 Å². The van der Waals surface area contributed by atoms with Crippen LogP contribution in [0.25, 0.3) is 23.2 Å². The first-order chi connectivity index (χ1) is 9.84. The van der Waals surface area contributed by atoms with Crippen LogP contribution in [-0.4, -0.2) is 11.5 Å². The Kier molecular flexibility index (Phi) is 2.43. The van der Waals surface area contributed by atoms with Crippen molar-refractivity contribution >= 4 is 23.2 Å². The number of rotatable bonds is 0. The minimum absolute atomic E-state index is 0.977. The van der Waals surface area contributed by atoms with Crippen molar-refractivity contribution in [1.29, 1.82) is 0 Å². The van der Waals surface area contributed by atoms with Gasteiger partial charge in [0.25, 0.3) is 0 Å². The molecule has 0 saturated heterocycles. The number of H-pyrrole nitrogens is 1. The van der Waals surface area contributed by atoms with Crippen molar-refractivity contribution < 1.29 is 0 Å². The Hall–Kier alpha value is -2.48. The maximum Gasteiger partial charge on any atom is 0.0518 e. The first-order valence-corrected chi connectivity index (χ1v) is 6.97. The summed E-state index contributed by atoms with van der Waals surface area (Å²) in [5.74, 6) is 0. The van der Waals surface area contributed by atoms with Crippen molar-refractivity contribution in [3.8, 4) is 0 Å². The van der Waals surface area contributed by atoms with E-state index >= 15 is 0 Å². The quantitative estimate of drug-likeness (QED) is 0.634. The molecule has 98 valence electrons. The lowest BCUT2D eigenvalue weighted by Gasteiger charge is -2.21. The summed E-state index contributed by atoms with van der Waals surface area (Å²) in [4.78, 5) is 3.38. The van der Waals surface area contributed by atoms with Crippen LogP contribution >= 0.6 is 0 Å². The minimum Gasteiger partial charge on any atom is -0.384 e. The number of nitrogens with one attached hydrogen (secondary N) is 2. The summed E-state index contributed by atoms with van der Waals surface area (Å²) in [5.41, 5.74) is 5.05. The predicted molar refractivity (Wildman–Crippen MR) is 83.7 cm³/mol. The smallest absolute Gasteiger partial charge is 0.0518 e. The second kappa shape index (κ2) is 4.27. The zero-order valence-electron chi connectivity index (χ0n) is 11.2. The van der Waals surface area contributed by atoms with Gasteiger partial charge in [-0.15, -0.1) is 0 Å². The number of para-hydroxylation sites is 1. The van der Waals surface area contributed by atoms with E-state index in [1.165, 1.54) is 27.4 Å². The predicted octanol–water partition coefficient (Wildman–Crippen LogP) is 1.88. The number of benzene rings is 2. The number of fused-ring (bicyclic) bond motifs is 2. The van der Waals surface area contributed by atoms with Crippen LogP contribution in [0, 0.1) is 0 Å². The fraction of sp³-hybridized carbons (Fsp3) is 0.111. The Morgan fingerprint density at radius 3 is 2.70 bits per heavy atom. The van der Waals surface area contributed by atoms with Crippen molar-refractivity contribution in [2.24, 2.45) is 0 Å². The molecule has 2 N–H and O–H groups in total. The molecule has 2 aromatic carbocycles. The monoisotopic (exact) mass is 260 g/mol. The standard InChI is InChI=1S/C18H16N2/c1-12-17(15-8-4-5-9-16(15)20-12)18-14-7-3-2-6-13(14)10-11-19-18/h2-9,19-20H,1,10-11H2/b18-17+. The third kappa shape index (κ3) is 1.58. The fourth-order valence-corrected chi connectivity index (χ4v) is 3.11. The third-order valence-electron chi connectivity index (χ3n) is 4.02. The third-order valence-corrected chi connectivity index (χ3v) is 4.02. The topological polar surface area (TPSA) is 27.8 Å². The van der Waals surface area contributed by atoms with Crippen LogP contribution in [0.1, 0.15) is 11.1 Å². The van der Waals surface area contributed by atoms with E-state index in [-0.39, 0.29) is 0 Å². The summed E-state index contributed by atoms with van der Waals surface area (Å²) in [7, 11) is 0. The zero-order valence-corrected chi connectivity index (χ0v) is 11.2. The van der Waals surface area contributed by atoms with Crippen LogP contribution in [-0.2, 0) is 6.42 Å². The highest BCUT2D eigenvalue weighted by Gasteiger charge is 2.15. The molecule has 0 aliphatic carbocycles. The van der Waals surface area contributed by atoms with E-state index in [1.807, 2.05) is 0 Å². The SMILES string of the molecule is C=c1[nH]c2ccccc2/c1=C1/NCCc2ccccc21. The molecule has 0 bridgehead atoms. The average Bonchev–Trinajstić information content (AvgIpc) is 2.82. The number of aromatic nitrogens is 1. The average molecular weight is 260 g/mol. The first kappa shape index (κ1) is 11.4. The van der Waals surface area contributed by atoms with Crippen molar-refractivity contribution in [2.45, 2.75) is 6.42 Å². The summed E-state index contributed by atoms with van der Waals surface area (Å²) in [6.45, 7) is 5.17. The molecule has 2 heteroatoms. The van der Waals surface area contributed by atoms with Gasteiger partial charge in [0.1, 0.15) is 0 Å². The Labute approximate surface area is 117 Å². The molecule has 2 heterocycles. The lowest BCUT2D eigenvalue weighted by Crippen LogP contribution is -2.34. The molecule has 4 rings (SSSR count). The second-order valence-electron chi connectivity index (χ2n) is 5.23. The van der Waals surface area contributed by atoms with Crippen LogP contribution in [0.2, 0.25) is 0 Å². The molecule has 1 aliphatic rings. The normalized spacial score (nSPS) is 16.8. The van der Waals surface area contributed by atoms with E-state index in [0.717, 1.165) is 23.8 Å². The maximum absolute atomic E-state index is 4.19. The molecule has 0 fully saturated rings. The van der Waals surface area contributed by atoms with Gasteiger partial charge in [0.05, 0.1) is 5.70 Å². The molecule has 1 aliphatic heterocycles. The molecule has 0 spiro atoms. The van der Waals surface area contributed by atoms with Crippen LogP contribution in [0.4, 0.5) is 0 Å². The van der Waals surface area contributed by atoms with Crippen LogP contribution < -0.4 is 15.9 Å². The van der Waals surface area contributed by atoms with Gasteiger partial charge in [-0.1, -0.05) is 49.0 Å². The van der Waals surface area contributed by atoms with Crippen molar-refractivity contribution in [3.05, 3.63) is 70.2 Å². The van der Waals surface area contributed by atoms with Gasteiger partial charge in [-0.3, -0.25) is 0 Å². The summed E-state index contributed by atoms with van der Waals surface area (Å²) >= 11 is 0. The van der Waals surface area contributed by atoms with Gasteiger partial charge in [-0.25, -0.2) is 0 Å². The van der Waals surface area contributed by atoms with E-state index in [0.29, 0.717) is 0 Å². The Morgan fingerprint density at radius 2 is 1.75 bits per heavy atom. The molecular weight excluding hydrogens is 244 g/mol. The lowest BCUT2D eigenvalue weighted by atomic mass is 9.96. The molecule has 1 aromatic heterocycles. The summed E-state index contributed by atoms with van der Waals surface area (Å²) < 4.78 is 0. The Morgan fingerprint density at radius 1 is 0.950 bits per heavy atom. The van der Waals surface area contributed by atoms with Crippen molar-refractivity contribution in [2.75, 3.05) is 6.54 Å². The Bertz CT molecular complexity index is 903. The van der Waals surface area contributed by atoms with Crippen molar-refractivity contribution in [1.82, 2.24) is 10.3 Å². The highest BCUT2D eigenvalue weighted by Crippen LogP contribution is 2.20. The maximum atomic E-state index is 4.19. The van der Waals surface area contributed by atoms with Gasteiger partial charge in [-0.2, -0.15) is 0 Å². The van der Waals surface area contributed by atoms with E-state index < -0.39 is 0 Å². The van der Waals surface area contributed by atoms with E-state index in [1.54, 1.807) is 0 Å². The highest BCUT2D eigenvalue weighted by atomic mass is 14.9.